The Labute approximate surface area is 88.8 Å². The van der Waals surface area contributed by atoms with Gasteiger partial charge in [-0.3, -0.25) is 9.59 Å². The molecular formula is C10H17NO4. The third-order valence-corrected chi connectivity index (χ3v) is 2.49. The first-order valence-electron chi connectivity index (χ1n) is 5.24. The highest BCUT2D eigenvalue weighted by Crippen LogP contribution is 2.13. The monoisotopic (exact) mass is 215 g/mol. The first-order chi connectivity index (χ1) is 7.18. The van der Waals surface area contributed by atoms with Crippen molar-refractivity contribution in [1.82, 2.24) is 5.32 Å². The van der Waals surface area contributed by atoms with Gasteiger partial charge in [-0.05, 0) is 18.8 Å². The van der Waals surface area contributed by atoms with Crippen molar-refractivity contribution in [1.29, 1.82) is 0 Å². The molecule has 5 nitrogen and oxygen atoms in total. The predicted octanol–water partition coefficient (Wildman–Crippen LogP) is 0.394. The lowest BCUT2D eigenvalue weighted by molar-refractivity contribution is -0.138. The number of carboxylic acids is 1. The molecule has 0 bridgehead atoms. The lowest BCUT2D eigenvalue weighted by atomic mass is 10.0. The van der Waals surface area contributed by atoms with Crippen LogP contribution in [0.2, 0.25) is 0 Å². The van der Waals surface area contributed by atoms with Crippen LogP contribution in [0, 0.1) is 5.92 Å². The molecule has 0 saturated carbocycles. The van der Waals surface area contributed by atoms with Gasteiger partial charge in [0.2, 0.25) is 5.91 Å². The summed E-state index contributed by atoms with van der Waals surface area (Å²) in [6.07, 6.45) is 1.91. The molecule has 0 aliphatic carbocycles. The molecule has 5 heteroatoms. The van der Waals surface area contributed by atoms with Crippen LogP contribution in [-0.2, 0) is 14.3 Å². The van der Waals surface area contributed by atoms with Crippen LogP contribution in [0.5, 0.6) is 0 Å². The van der Waals surface area contributed by atoms with Crippen LogP contribution in [0.4, 0.5) is 0 Å². The van der Waals surface area contributed by atoms with E-state index in [9.17, 15) is 9.59 Å². The van der Waals surface area contributed by atoms with Crippen molar-refractivity contribution in [3.8, 4) is 0 Å². The number of hydrogen-bond donors (Lipinski definition) is 2. The van der Waals surface area contributed by atoms with E-state index in [0.717, 1.165) is 26.1 Å². The van der Waals surface area contributed by atoms with Gasteiger partial charge < -0.3 is 15.2 Å². The van der Waals surface area contributed by atoms with Crippen LogP contribution in [-0.4, -0.2) is 36.7 Å². The number of amides is 1. The zero-order valence-electron chi connectivity index (χ0n) is 8.70. The maximum atomic E-state index is 11.2. The third-order valence-electron chi connectivity index (χ3n) is 2.49. The number of aliphatic carboxylic acids is 1. The molecule has 1 rings (SSSR count). The van der Waals surface area contributed by atoms with E-state index in [4.69, 9.17) is 9.84 Å². The number of ether oxygens (including phenoxy) is 1. The van der Waals surface area contributed by atoms with E-state index in [1.807, 2.05) is 0 Å². The summed E-state index contributed by atoms with van der Waals surface area (Å²) < 4.78 is 5.20. The van der Waals surface area contributed by atoms with E-state index in [1.54, 1.807) is 0 Å². The molecule has 0 aromatic heterocycles. The average Bonchev–Trinajstić information content (AvgIpc) is 2.25. The summed E-state index contributed by atoms with van der Waals surface area (Å²) in [6.45, 7) is 2.16. The molecule has 0 radical (unpaired) electrons. The lowest BCUT2D eigenvalue weighted by Crippen LogP contribution is -2.32. The summed E-state index contributed by atoms with van der Waals surface area (Å²) in [6, 6.07) is 0. The highest BCUT2D eigenvalue weighted by atomic mass is 16.5. The molecule has 0 unspecified atom stereocenters. The molecule has 1 amide bonds. The Morgan fingerprint density at radius 2 is 1.93 bits per heavy atom. The van der Waals surface area contributed by atoms with E-state index >= 15 is 0 Å². The number of carbonyl (C=O) groups excluding carboxylic acids is 1. The molecular weight excluding hydrogens is 198 g/mol. The minimum atomic E-state index is -0.934. The predicted molar refractivity (Wildman–Crippen MR) is 53.4 cm³/mol. The summed E-state index contributed by atoms with van der Waals surface area (Å²) in [4.78, 5) is 21.4. The van der Waals surface area contributed by atoms with Gasteiger partial charge in [0.05, 0.1) is 6.42 Å². The third kappa shape index (κ3) is 5.37. The molecule has 15 heavy (non-hydrogen) atoms. The van der Waals surface area contributed by atoms with Crippen LogP contribution < -0.4 is 5.32 Å². The SMILES string of the molecule is O=C(O)CCC(=O)NCC1CCOCC1. The van der Waals surface area contributed by atoms with Crippen molar-refractivity contribution in [2.75, 3.05) is 19.8 Å². The second kappa shape index (κ2) is 6.40. The largest absolute Gasteiger partial charge is 0.481 e. The Kier molecular flexibility index (Phi) is 5.10. The van der Waals surface area contributed by atoms with Gasteiger partial charge in [0.1, 0.15) is 0 Å². The van der Waals surface area contributed by atoms with Crippen molar-refractivity contribution >= 4 is 11.9 Å². The fraction of sp³-hybridized carbons (Fsp3) is 0.800. The first-order valence-corrected chi connectivity index (χ1v) is 5.24. The van der Waals surface area contributed by atoms with Gasteiger partial charge in [-0.25, -0.2) is 0 Å². The molecule has 0 aromatic carbocycles. The van der Waals surface area contributed by atoms with E-state index in [1.165, 1.54) is 0 Å². The van der Waals surface area contributed by atoms with Crippen LogP contribution in [0.1, 0.15) is 25.7 Å². The van der Waals surface area contributed by atoms with Crippen molar-refractivity contribution in [3.63, 3.8) is 0 Å². The number of carbonyl (C=O) groups is 2. The normalized spacial score (nSPS) is 17.3. The number of nitrogens with one attached hydrogen (secondary N) is 1. The second-order valence-electron chi connectivity index (χ2n) is 3.75. The van der Waals surface area contributed by atoms with Crippen LogP contribution in [0.3, 0.4) is 0 Å². The van der Waals surface area contributed by atoms with Crippen LogP contribution >= 0.6 is 0 Å². The molecule has 1 fully saturated rings. The number of rotatable bonds is 5. The van der Waals surface area contributed by atoms with Gasteiger partial charge in [-0.1, -0.05) is 0 Å². The van der Waals surface area contributed by atoms with Crippen molar-refractivity contribution in [2.24, 2.45) is 5.92 Å². The first kappa shape index (κ1) is 12.0. The van der Waals surface area contributed by atoms with Gasteiger partial charge in [0.25, 0.3) is 0 Å². The Balaban J connectivity index is 2.07. The fourth-order valence-corrected chi connectivity index (χ4v) is 1.52. The summed E-state index contributed by atoms with van der Waals surface area (Å²) in [5.74, 6) is -0.632. The highest BCUT2D eigenvalue weighted by Gasteiger charge is 2.14. The Bertz CT molecular complexity index is 223. The maximum Gasteiger partial charge on any atom is 0.303 e. The number of carboxylic acid groups (broad SMARTS) is 1. The van der Waals surface area contributed by atoms with Crippen molar-refractivity contribution in [3.05, 3.63) is 0 Å². The van der Waals surface area contributed by atoms with Gasteiger partial charge in [0, 0.05) is 26.2 Å². The van der Waals surface area contributed by atoms with Crippen molar-refractivity contribution in [2.45, 2.75) is 25.7 Å². The van der Waals surface area contributed by atoms with Crippen LogP contribution in [0.25, 0.3) is 0 Å². The molecule has 1 aliphatic rings. The second-order valence-corrected chi connectivity index (χ2v) is 3.75. The van der Waals surface area contributed by atoms with E-state index in [2.05, 4.69) is 5.32 Å². The molecule has 0 atom stereocenters. The quantitative estimate of drug-likeness (QED) is 0.695. The van der Waals surface area contributed by atoms with E-state index in [0.29, 0.717) is 12.5 Å². The van der Waals surface area contributed by atoms with Gasteiger partial charge in [-0.2, -0.15) is 0 Å². The summed E-state index contributed by atoms with van der Waals surface area (Å²) in [5, 5.41) is 11.1. The topological polar surface area (TPSA) is 75.6 Å². The molecule has 0 spiro atoms. The van der Waals surface area contributed by atoms with Crippen molar-refractivity contribution < 1.29 is 19.4 Å². The summed E-state index contributed by atoms with van der Waals surface area (Å²) in [7, 11) is 0. The molecule has 1 heterocycles. The number of hydrogen-bond acceptors (Lipinski definition) is 3. The Hall–Kier alpha value is -1.10. The minimum absolute atomic E-state index is 0.0680. The minimum Gasteiger partial charge on any atom is -0.481 e. The van der Waals surface area contributed by atoms with Gasteiger partial charge in [0.15, 0.2) is 0 Å². The van der Waals surface area contributed by atoms with Gasteiger partial charge in [-0.15, -0.1) is 0 Å². The van der Waals surface area contributed by atoms with Gasteiger partial charge >= 0.3 is 5.97 Å². The van der Waals surface area contributed by atoms with E-state index < -0.39 is 5.97 Å². The van der Waals surface area contributed by atoms with E-state index in [-0.39, 0.29) is 18.7 Å². The lowest BCUT2D eigenvalue weighted by Gasteiger charge is -2.22. The fourth-order valence-electron chi connectivity index (χ4n) is 1.52. The maximum absolute atomic E-state index is 11.2. The summed E-state index contributed by atoms with van der Waals surface area (Å²) >= 11 is 0. The van der Waals surface area contributed by atoms with Crippen LogP contribution in [0.15, 0.2) is 0 Å². The zero-order chi connectivity index (χ0) is 11.1. The standard InChI is InChI=1S/C10H17NO4/c12-9(1-2-10(13)14)11-7-8-3-5-15-6-4-8/h8H,1-7H2,(H,11,12)(H,13,14). The smallest absolute Gasteiger partial charge is 0.303 e. The Morgan fingerprint density at radius 1 is 1.27 bits per heavy atom. The molecule has 0 aromatic rings. The highest BCUT2D eigenvalue weighted by molar-refractivity contribution is 5.80. The summed E-state index contributed by atoms with van der Waals surface area (Å²) in [5.41, 5.74) is 0. The zero-order valence-corrected chi connectivity index (χ0v) is 8.70. The molecule has 1 saturated heterocycles. The average molecular weight is 215 g/mol. The Morgan fingerprint density at radius 3 is 2.53 bits per heavy atom. The molecule has 2 N–H and O–H groups in total. The molecule has 86 valence electrons. The molecule has 1 aliphatic heterocycles.